The van der Waals surface area contributed by atoms with E-state index >= 15 is 0 Å². The van der Waals surface area contributed by atoms with Crippen molar-refractivity contribution in [3.8, 4) is 0 Å². The van der Waals surface area contributed by atoms with Crippen LogP contribution in [0.1, 0.15) is 13.3 Å². The van der Waals surface area contributed by atoms with Crippen LogP contribution in [0.3, 0.4) is 0 Å². The molecular weight excluding hydrogens is 114 g/mol. The van der Waals surface area contributed by atoms with Gasteiger partial charge in [-0.05, 0) is 20.5 Å². The fraction of sp³-hybridized carbons (Fsp3) is 1.00. The smallest absolute Gasteiger partial charge is 0.118 e. The minimum absolute atomic E-state index is 0.405. The maximum absolute atomic E-state index is 5.50. The first-order valence-corrected chi connectivity index (χ1v) is 3.46. The standard InChI is InChI=1S/C7H13NO/c1-7-4-5(7)9-6(7)8(2)3/h5-6H,4H2,1-3H3. The van der Waals surface area contributed by atoms with Gasteiger partial charge in [-0.3, -0.25) is 4.90 Å². The molecule has 0 aromatic carbocycles. The SMILES string of the molecule is CN(C)C1OC2CC21C. The van der Waals surface area contributed by atoms with Gasteiger partial charge in [-0.25, -0.2) is 0 Å². The van der Waals surface area contributed by atoms with Crippen LogP contribution in [-0.4, -0.2) is 31.3 Å². The fourth-order valence-corrected chi connectivity index (χ4v) is 1.75. The van der Waals surface area contributed by atoms with E-state index in [1.807, 2.05) is 0 Å². The van der Waals surface area contributed by atoms with Crippen molar-refractivity contribution in [1.82, 2.24) is 4.90 Å². The van der Waals surface area contributed by atoms with E-state index in [0.29, 0.717) is 17.7 Å². The highest BCUT2D eigenvalue weighted by molar-refractivity contribution is 5.12. The van der Waals surface area contributed by atoms with Gasteiger partial charge in [-0.1, -0.05) is 6.92 Å². The normalized spacial score (nSPS) is 54.7. The molecule has 1 aliphatic heterocycles. The number of rotatable bonds is 1. The molecule has 2 heteroatoms. The third-order valence-corrected chi connectivity index (χ3v) is 2.53. The lowest BCUT2D eigenvalue weighted by Gasteiger charge is -2.38. The summed E-state index contributed by atoms with van der Waals surface area (Å²) < 4.78 is 5.50. The van der Waals surface area contributed by atoms with Crippen molar-refractivity contribution in [2.75, 3.05) is 14.1 Å². The first-order valence-electron chi connectivity index (χ1n) is 3.46. The Morgan fingerprint density at radius 3 is 2.33 bits per heavy atom. The molecule has 3 atom stereocenters. The largest absolute Gasteiger partial charge is 0.358 e. The van der Waals surface area contributed by atoms with E-state index in [1.54, 1.807) is 0 Å². The number of ether oxygens (including phenoxy) is 1. The van der Waals surface area contributed by atoms with Crippen molar-refractivity contribution in [3.63, 3.8) is 0 Å². The summed E-state index contributed by atoms with van der Waals surface area (Å²) in [5.41, 5.74) is 0.531. The van der Waals surface area contributed by atoms with Crippen molar-refractivity contribution in [1.29, 1.82) is 0 Å². The molecule has 52 valence electrons. The molecule has 3 unspecified atom stereocenters. The molecule has 9 heavy (non-hydrogen) atoms. The minimum atomic E-state index is 0.405. The summed E-state index contributed by atoms with van der Waals surface area (Å²) in [4.78, 5) is 2.16. The molecule has 2 rings (SSSR count). The molecule has 2 fully saturated rings. The molecule has 0 aromatic heterocycles. The van der Waals surface area contributed by atoms with Gasteiger partial charge in [0.15, 0.2) is 0 Å². The van der Waals surface area contributed by atoms with E-state index in [4.69, 9.17) is 4.74 Å². The molecule has 0 aromatic rings. The molecule has 2 aliphatic rings. The van der Waals surface area contributed by atoms with Gasteiger partial charge in [-0.2, -0.15) is 0 Å². The maximum Gasteiger partial charge on any atom is 0.118 e. The van der Waals surface area contributed by atoms with Crippen molar-refractivity contribution >= 4 is 0 Å². The second-order valence-corrected chi connectivity index (χ2v) is 3.65. The molecule has 0 radical (unpaired) electrons. The molecule has 0 N–H and O–H groups in total. The van der Waals surface area contributed by atoms with E-state index in [0.717, 1.165) is 0 Å². The molecule has 0 spiro atoms. The molecule has 2 nitrogen and oxygen atoms in total. The van der Waals surface area contributed by atoms with Crippen molar-refractivity contribution in [2.24, 2.45) is 5.41 Å². The summed E-state index contributed by atoms with van der Waals surface area (Å²) in [7, 11) is 4.15. The molecule has 1 saturated heterocycles. The number of fused-ring (bicyclic) bond motifs is 1. The predicted molar refractivity (Wildman–Crippen MR) is 35.1 cm³/mol. The Hall–Kier alpha value is -0.0800. The lowest BCUT2D eigenvalue weighted by molar-refractivity contribution is -0.176. The van der Waals surface area contributed by atoms with Gasteiger partial charge in [-0.15, -0.1) is 0 Å². The lowest BCUT2D eigenvalue weighted by atomic mass is 10.0. The van der Waals surface area contributed by atoms with Gasteiger partial charge >= 0.3 is 0 Å². The van der Waals surface area contributed by atoms with Crippen LogP contribution in [0.15, 0.2) is 0 Å². The summed E-state index contributed by atoms with van der Waals surface area (Å²) in [6.45, 7) is 2.30. The monoisotopic (exact) mass is 127 g/mol. The number of hydrogen-bond acceptors (Lipinski definition) is 2. The first-order chi connectivity index (χ1) is 4.14. The Labute approximate surface area is 55.8 Å². The first kappa shape index (κ1) is 5.69. The second-order valence-electron chi connectivity index (χ2n) is 3.65. The highest BCUT2D eigenvalue weighted by Crippen LogP contribution is 2.61. The third-order valence-electron chi connectivity index (χ3n) is 2.53. The molecular formula is C7H13NO. The number of nitrogens with zero attached hydrogens (tertiary/aromatic N) is 1. The van der Waals surface area contributed by atoms with Crippen LogP contribution in [0.5, 0.6) is 0 Å². The fourth-order valence-electron chi connectivity index (χ4n) is 1.75. The zero-order chi connectivity index (χ0) is 6.65. The van der Waals surface area contributed by atoms with Gasteiger partial charge in [0.2, 0.25) is 0 Å². The quantitative estimate of drug-likeness (QED) is 0.513. The van der Waals surface area contributed by atoms with E-state index < -0.39 is 0 Å². The second kappa shape index (κ2) is 1.32. The van der Waals surface area contributed by atoms with Gasteiger partial charge in [0.1, 0.15) is 6.23 Å². The van der Waals surface area contributed by atoms with E-state index in [9.17, 15) is 0 Å². The Kier molecular flexibility index (Phi) is 0.837. The zero-order valence-electron chi connectivity index (χ0n) is 6.22. The Morgan fingerprint density at radius 1 is 1.56 bits per heavy atom. The van der Waals surface area contributed by atoms with Crippen molar-refractivity contribution in [3.05, 3.63) is 0 Å². The number of hydrogen-bond donors (Lipinski definition) is 0. The third kappa shape index (κ3) is 0.528. The molecule has 1 saturated carbocycles. The van der Waals surface area contributed by atoms with Crippen LogP contribution in [0.25, 0.3) is 0 Å². The van der Waals surface area contributed by atoms with Crippen LogP contribution < -0.4 is 0 Å². The topological polar surface area (TPSA) is 12.5 Å². The molecule has 1 heterocycles. The summed E-state index contributed by atoms with van der Waals surface area (Å²) >= 11 is 0. The molecule has 0 amide bonds. The average Bonchev–Trinajstić information content (AvgIpc) is 2.18. The van der Waals surface area contributed by atoms with E-state index in [2.05, 4.69) is 25.9 Å². The average molecular weight is 127 g/mol. The van der Waals surface area contributed by atoms with Gasteiger partial charge in [0.05, 0.1) is 6.10 Å². The van der Waals surface area contributed by atoms with E-state index in [1.165, 1.54) is 6.42 Å². The van der Waals surface area contributed by atoms with E-state index in [-0.39, 0.29) is 0 Å². The highest BCUT2D eigenvalue weighted by atomic mass is 16.6. The summed E-state index contributed by atoms with van der Waals surface area (Å²) in [5, 5.41) is 0. The Balaban J connectivity index is 2.03. The summed E-state index contributed by atoms with van der Waals surface area (Å²) in [5.74, 6) is 0. The highest BCUT2D eigenvalue weighted by Gasteiger charge is 2.67. The van der Waals surface area contributed by atoms with Crippen LogP contribution in [-0.2, 0) is 4.74 Å². The molecule has 0 bridgehead atoms. The van der Waals surface area contributed by atoms with Crippen molar-refractivity contribution < 1.29 is 4.74 Å². The Morgan fingerprint density at radius 2 is 2.22 bits per heavy atom. The van der Waals surface area contributed by atoms with Crippen LogP contribution >= 0.6 is 0 Å². The minimum Gasteiger partial charge on any atom is -0.358 e. The van der Waals surface area contributed by atoms with Gasteiger partial charge in [0, 0.05) is 5.41 Å². The summed E-state index contributed by atoms with van der Waals surface area (Å²) in [6.07, 6.45) is 2.28. The zero-order valence-corrected chi connectivity index (χ0v) is 6.22. The van der Waals surface area contributed by atoms with Gasteiger partial charge in [0.25, 0.3) is 0 Å². The lowest BCUT2D eigenvalue weighted by Crippen LogP contribution is -2.47. The summed E-state index contributed by atoms with van der Waals surface area (Å²) in [6, 6.07) is 0. The maximum atomic E-state index is 5.50. The Bertz CT molecular complexity index is 146. The van der Waals surface area contributed by atoms with Crippen molar-refractivity contribution in [2.45, 2.75) is 25.7 Å². The van der Waals surface area contributed by atoms with Crippen LogP contribution in [0.4, 0.5) is 0 Å². The van der Waals surface area contributed by atoms with Crippen LogP contribution in [0, 0.1) is 5.41 Å². The van der Waals surface area contributed by atoms with Crippen LogP contribution in [0.2, 0.25) is 0 Å². The molecule has 1 aliphatic carbocycles. The predicted octanol–water partition coefficient (Wildman–Crippen LogP) is 0.683. The van der Waals surface area contributed by atoms with Gasteiger partial charge < -0.3 is 4.74 Å².